The van der Waals surface area contributed by atoms with Gasteiger partial charge in [0.15, 0.2) is 0 Å². The van der Waals surface area contributed by atoms with Gasteiger partial charge in [-0.1, -0.05) is 18.3 Å². The summed E-state index contributed by atoms with van der Waals surface area (Å²) in [6.07, 6.45) is 1.01. The average molecular weight is 256 g/mol. The highest BCUT2D eigenvalue weighted by Gasteiger charge is 2.21. The van der Waals surface area contributed by atoms with Crippen LogP contribution in [0.4, 0.5) is 5.00 Å². The molecule has 1 aliphatic heterocycles. The van der Waals surface area contributed by atoms with E-state index >= 15 is 0 Å². The molecule has 0 bridgehead atoms. The van der Waals surface area contributed by atoms with Crippen molar-refractivity contribution in [3.63, 3.8) is 0 Å². The van der Waals surface area contributed by atoms with Crippen molar-refractivity contribution in [2.24, 2.45) is 5.92 Å². The van der Waals surface area contributed by atoms with Crippen LogP contribution in [0.5, 0.6) is 0 Å². The van der Waals surface area contributed by atoms with Crippen LogP contribution in [0.15, 0.2) is 11.4 Å². The molecule has 0 spiro atoms. The van der Waals surface area contributed by atoms with Gasteiger partial charge in [-0.25, -0.2) is 0 Å². The molecule has 1 N–H and O–H groups in total. The molecule has 2 heterocycles. The Bertz CT molecular complexity index is 394. The molecule has 0 amide bonds. The number of ether oxygens (including phenoxy) is 1. The fourth-order valence-corrected chi connectivity index (χ4v) is 2.71. The van der Waals surface area contributed by atoms with Gasteiger partial charge in [0.05, 0.1) is 11.5 Å². The molecule has 1 aromatic rings. The first kappa shape index (κ1) is 12.5. The highest BCUT2D eigenvalue weighted by Crippen LogP contribution is 2.23. The summed E-state index contributed by atoms with van der Waals surface area (Å²) in [7, 11) is 0. The number of nitrogens with zero attached hydrogens (tertiary/aromatic N) is 1. The lowest BCUT2D eigenvalue weighted by molar-refractivity contribution is -0.380. The number of nitro groups is 1. The molecule has 0 saturated carbocycles. The Morgan fingerprint density at radius 3 is 3.18 bits per heavy atom. The van der Waals surface area contributed by atoms with Gasteiger partial charge in [-0.05, 0) is 17.9 Å². The highest BCUT2D eigenvalue weighted by molar-refractivity contribution is 7.13. The molecule has 94 valence electrons. The highest BCUT2D eigenvalue weighted by atomic mass is 32.1. The molecule has 5 nitrogen and oxygen atoms in total. The Kier molecular flexibility index (Phi) is 4.09. The van der Waals surface area contributed by atoms with Crippen molar-refractivity contribution in [1.82, 2.24) is 5.32 Å². The van der Waals surface area contributed by atoms with Crippen LogP contribution in [0.1, 0.15) is 18.9 Å². The van der Waals surface area contributed by atoms with Gasteiger partial charge < -0.3 is 10.1 Å². The fraction of sp³-hybridized carbons (Fsp3) is 0.636. The summed E-state index contributed by atoms with van der Waals surface area (Å²) in [4.78, 5) is 10.2. The minimum absolute atomic E-state index is 0.210. The normalized spacial score (nSPS) is 24.8. The quantitative estimate of drug-likeness (QED) is 0.662. The Hall–Kier alpha value is -0.980. The lowest BCUT2D eigenvalue weighted by atomic mass is 9.98. The van der Waals surface area contributed by atoms with E-state index in [-0.39, 0.29) is 9.92 Å². The average Bonchev–Trinajstić information content (AvgIpc) is 2.77. The van der Waals surface area contributed by atoms with Crippen LogP contribution < -0.4 is 5.32 Å². The molecule has 1 aromatic heterocycles. The van der Waals surface area contributed by atoms with E-state index < -0.39 is 0 Å². The van der Waals surface area contributed by atoms with E-state index in [1.54, 1.807) is 6.07 Å². The van der Waals surface area contributed by atoms with Crippen molar-refractivity contribution in [2.75, 3.05) is 13.2 Å². The Balaban J connectivity index is 1.86. The second kappa shape index (κ2) is 5.57. The van der Waals surface area contributed by atoms with Gasteiger partial charge in [-0.15, -0.1) is 0 Å². The molecule has 6 heteroatoms. The van der Waals surface area contributed by atoms with E-state index in [1.807, 2.05) is 5.38 Å². The zero-order valence-electron chi connectivity index (χ0n) is 9.72. The Morgan fingerprint density at radius 2 is 2.53 bits per heavy atom. The maximum atomic E-state index is 10.6. The second-order valence-electron chi connectivity index (χ2n) is 4.38. The van der Waals surface area contributed by atoms with Crippen LogP contribution in [-0.2, 0) is 11.3 Å². The first-order chi connectivity index (χ1) is 8.16. The van der Waals surface area contributed by atoms with E-state index in [2.05, 4.69) is 12.2 Å². The smallest absolute Gasteiger partial charge is 0.324 e. The molecule has 2 atom stereocenters. The summed E-state index contributed by atoms with van der Waals surface area (Å²) in [5, 5.41) is 16.0. The van der Waals surface area contributed by atoms with E-state index in [0.717, 1.165) is 25.2 Å². The van der Waals surface area contributed by atoms with Crippen molar-refractivity contribution in [3.8, 4) is 0 Å². The molecule has 1 aliphatic rings. The predicted molar refractivity (Wildman–Crippen MR) is 66.2 cm³/mol. The molecular weight excluding hydrogens is 240 g/mol. The number of hydrogen-bond donors (Lipinski definition) is 1. The van der Waals surface area contributed by atoms with Crippen molar-refractivity contribution >= 4 is 16.3 Å². The van der Waals surface area contributed by atoms with Crippen LogP contribution in [0.3, 0.4) is 0 Å². The first-order valence-electron chi connectivity index (χ1n) is 5.69. The largest absolute Gasteiger partial charge is 0.381 e. The van der Waals surface area contributed by atoms with E-state index in [1.165, 1.54) is 11.3 Å². The topological polar surface area (TPSA) is 64.4 Å². The molecule has 0 aromatic carbocycles. The zero-order chi connectivity index (χ0) is 12.3. The second-order valence-corrected chi connectivity index (χ2v) is 5.27. The summed E-state index contributed by atoms with van der Waals surface area (Å²) in [6.45, 7) is 4.44. The Morgan fingerprint density at radius 1 is 1.71 bits per heavy atom. The third-order valence-electron chi connectivity index (χ3n) is 3.03. The summed E-state index contributed by atoms with van der Waals surface area (Å²) in [6, 6.07) is 2.09. The summed E-state index contributed by atoms with van der Waals surface area (Å²) in [5.41, 5.74) is 0.986. The number of rotatable bonds is 4. The van der Waals surface area contributed by atoms with E-state index in [0.29, 0.717) is 18.5 Å². The molecular formula is C11H16N2O3S. The maximum Gasteiger partial charge on any atom is 0.324 e. The third-order valence-corrected chi connectivity index (χ3v) is 3.96. The van der Waals surface area contributed by atoms with Crippen molar-refractivity contribution < 1.29 is 9.66 Å². The van der Waals surface area contributed by atoms with Crippen molar-refractivity contribution in [3.05, 3.63) is 27.1 Å². The van der Waals surface area contributed by atoms with Gasteiger partial charge in [-0.2, -0.15) is 0 Å². The predicted octanol–water partition coefficient (Wildman–Crippen LogP) is 2.17. The third kappa shape index (κ3) is 3.24. The monoisotopic (exact) mass is 256 g/mol. The van der Waals surface area contributed by atoms with Gasteiger partial charge in [0.1, 0.15) is 0 Å². The molecule has 0 radical (unpaired) electrons. The molecule has 2 unspecified atom stereocenters. The van der Waals surface area contributed by atoms with Crippen LogP contribution in [0.25, 0.3) is 0 Å². The van der Waals surface area contributed by atoms with Crippen LogP contribution >= 0.6 is 11.3 Å². The van der Waals surface area contributed by atoms with Crippen LogP contribution in [0, 0.1) is 16.0 Å². The molecule has 1 saturated heterocycles. The Labute approximate surface area is 104 Å². The van der Waals surface area contributed by atoms with E-state index in [9.17, 15) is 10.1 Å². The first-order valence-corrected chi connectivity index (χ1v) is 6.57. The lowest BCUT2D eigenvalue weighted by Crippen LogP contribution is -2.40. The van der Waals surface area contributed by atoms with E-state index in [4.69, 9.17) is 4.74 Å². The van der Waals surface area contributed by atoms with Gasteiger partial charge >= 0.3 is 5.00 Å². The molecule has 2 rings (SSSR count). The summed E-state index contributed by atoms with van der Waals surface area (Å²) < 4.78 is 5.37. The summed E-state index contributed by atoms with van der Waals surface area (Å²) in [5.74, 6) is 0.498. The van der Waals surface area contributed by atoms with Gasteiger partial charge in [-0.3, -0.25) is 10.1 Å². The molecule has 1 fully saturated rings. The zero-order valence-corrected chi connectivity index (χ0v) is 10.5. The minimum Gasteiger partial charge on any atom is -0.381 e. The standard InChI is InChI=1S/C11H16N2O3S/c1-8-6-16-3-2-10(8)12-5-9-4-11(13(14)15)17-7-9/h4,7-8,10,12H,2-3,5-6H2,1H3. The van der Waals surface area contributed by atoms with Gasteiger partial charge in [0.25, 0.3) is 0 Å². The fourth-order valence-electron chi connectivity index (χ4n) is 1.98. The summed E-state index contributed by atoms with van der Waals surface area (Å²) >= 11 is 1.18. The number of hydrogen-bond acceptors (Lipinski definition) is 5. The van der Waals surface area contributed by atoms with Crippen molar-refractivity contribution in [1.29, 1.82) is 0 Å². The number of nitrogens with one attached hydrogen (secondary N) is 1. The van der Waals surface area contributed by atoms with Crippen LogP contribution in [0.2, 0.25) is 0 Å². The minimum atomic E-state index is -0.342. The van der Waals surface area contributed by atoms with Crippen LogP contribution in [-0.4, -0.2) is 24.2 Å². The van der Waals surface area contributed by atoms with Gasteiger partial charge in [0, 0.05) is 30.6 Å². The maximum absolute atomic E-state index is 10.6. The van der Waals surface area contributed by atoms with Crippen molar-refractivity contribution in [2.45, 2.75) is 25.9 Å². The van der Waals surface area contributed by atoms with Gasteiger partial charge in [0.2, 0.25) is 0 Å². The SMILES string of the molecule is CC1COCCC1NCc1csc([N+](=O)[O-])c1. The molecule has 17 heavy (non-hydrogen) atoms. The molecule has 0 aliphatic carbocycles. The number of thiophene rings is 1. The lowest BCUT2D eigenvalue weighted by Gasteiger charge is -2.29.